The highest BCUT2D eigenvalue weighted by Crippen LogP contribution is 2.16. The van der Waals surface area contributed by atoms with Gasteiger partial charge in [-0.3, -0.25) is 4.79 Å². The van der Waals surface area contributed by atoms with Crippen LogP contribution >= 0.6 is 22.9 Å². The van der Waals surface area contributed by atoms with Crippen molar-refractivity contribution in [3.8, 4) is 0 Å². The van der Waals surface area contributed by atoms with Crippen molar-refractivity contribution in [2.45, 2.75) is 6.42 Å². The molecule has 19 heavy (non-hydrogen) atoms. The zero-order valence-electron chi connectivity index (χ0n) is 10.3. The normalized spacial score (nSPS) is 10.5. The first kappa shape index (κ1) is 14.0. The van der Waals surface area contributed by atoms with E-state index in [9.17, 15) is 9.18 Å². The van der Waals surface area contributed by atoms with Gasteiger partial charge in [0.05, 0.1) is 11.8 Å². The van der Waals surface area contributed by atoms with Crippen molar-refractivity contribution in [3.05, 3.63) is 51.2 Å². The molecule has 0 bridgehead atoms. The maximum Gasteiger partial charge on any atom is 0.256 e. The molecule has 2 aromatic heterocycles. The molecule has 0 atom stereocenters. The minimum Gasteiger partial charge on any atom is -0.341 e. The molecule has 2 rings (SSSR count). The number of likely N-dealkylation sites (N-methyl/N-ethyl adjacent to an activating group) is 1. The summed E-state index contributed by atoms with van der Waals surface area (Å²) < 4.78 is 13.1. The molecule has 0 N–H and O–H groups in total. The van der Waals surface area contributed by atoms with E-state index in [4.69, 9.17) is 11.6 Å². The van der Waals surface area contributed by atoms with E-state index in [0.717, 1.165) is 18.7 Å². The van der Waals surface area contributed by atoms with E-state index in [1.54, 1.807) is 18.4 Å². The second-order valence-electron chi connectivity index (χ2n) is 4.05. The summed E-state index contributed by atoms with van der Waals surface area (Å²) in [5.74, 6) is -0.895. The van der Waals surface area contributed by atoms with Gasteiger partial charge >= 0.3 is 0 Å². The fourth-order valence-corrected chi connectivity index (χ4v) is 2.49. The number of amides is 1. The largest absolute Gasteiger partial charge is 0.341 e. The van der Waals surface area contributed by atoms with E-state index >= 15 is 0 Å². The van der Waals surface area contributed by atoms with Crippen LogP contribution in [0.3, 0.4) is 0 Å². The van der Waals surface area contributed by atoms with Crippen LogP contribution in [0.1, 0.15) is 15.2 Å². The Balaban J connectivity index is 2.04. The zero-order valence-corrected chi connectivity index (χ0v) is 11.8. The first-order valence-electron chi connectivity index (χ1n) is 5.67. The molecule has 0 spiro atoms. The first-order chi connectivity index (χ1) is 9.08. The van der Waals surface area contributed by atoms with Gasteiger partial charge in [0, 0.05) is 18.5 Å². The molecular weight excluding hydrogens is 287 g/mol. The summed E-state index contributed by atoms with van der Waals surface area (Å²) in [6, 6.07) is 5.09. The molecule has 0 aliphatic heterocycles. The minimum absolute atomic E-state index is 0.0226. The summed E-state index contributed by atoms with van der Waals surface area (Å²) in [5, 5.41) is 2.01. The number of pyridine rings is 1. The fraction of sp³-hybridized carbons (Fsp3) is 0.231. The summed E-state index contributed by atoms with van der Waals surface area (Å²) in [7, 11) is 1.66. The van der Waals surface area contributed by atoms with Crippen molar-refractivity contribution >= 4 is 28.8 Å². The quantitative estimate of drug-likeness (QED) is 0.812. The van der Waals surface area contributed by atoms with Gasteiger partial charge in [-0.15, -0.1) is 11.3 Å². The third-order valence-electron chi connectivity index (χ3n) is 2.66. The van der Waals surface area contributed by atoms with Crippen molar-refractivity contribution in [3.63, 3.8) is 0 Å². The average molecular weight is 299 g/mol. The number of thiophene rings is 1. The Bertz CT molecular complexity index is 574. The molecule has 0 aliphatic rings. The van der Waals surface area contributed by atoms with Crippen LogP contribution in [0.25, 0.3) is 0 Å². The van der Waals surface area contributed by atoms with E-state index in [1.807, 2.05) is 17.5 Å². The standard InChI is InChI=1S/C13H12ClFN2OS/c1-17(5-4-10-3-2-6-19-10)13(18)11-7-9(15)8-16-12(11)14/h2-3,6-8H,4-5H2,1H3. The number of aromatic nitrogens is 1. The van der Waals surface area contributed by atoms with Crippen LogP contribution < -0.4 is 0 Å². The molecule has 0 aromatic carbocycles. The number of hydrogen-bond acceptors (Lipinski definition) is 3. The summed E-state index contributed by atoms with van der Waals surface area (Å²) >= 11 is 7.45. The van der Waals surface area contributed by atoms with E-state index < -0.39 is 5.82 Å². The van der Waals surface area contributed by atoms with Gasteiger partial charge in [0.2, 0.25) is 0 Å². The Kier molecular flexibility index (Phi) is 4.50. The van der Waals surface area contributed by atoms with Gasteiger partial charge in [0.15, 0.2) is 0 Å². The molecule has 6 heteroatoms. The number of nitrogens with zero attached hydrogens (tertiary/aromatic N) is 2. The van der Waals surface area contributed by atoms with Crippen LogP contribution in [0, 0.1) is 5.82 Å². The Morgan fingerprint density at radius 2 is 2.37 bits per heavy atom. The van der Waals surface area contributed by atoms with Crippen molar-refractivity contribution in [1.29, 1.82) is 0 Å². The van der Waals surface area contributed by atoms with Crippen molar-refractivity contribution in [2.75, 3.05) is 13.6 Å². The number of halogens is 2. The van der Waals surface area contributed by atoms with E-state index in [0.29, 0.717) is 6.54 Å². The smallest absolute Gasteiger partial charge is 0.256 e. The fourth-order valence-electron chi connectivity index (χ4n) is 1.61. The highest BCUT2D eigenvalue weighted by molar-refractivity contribution is 7.09. The SMILES string of the molecule is CN(CCc1cccs1)C(=O)c1cc(F)cnc1Cl. The van der Waals surface area contributed by atoms with Gasteiger partial charge < -0.3 is 4.90 Å². The van der Waals surface area contributed by atoms with Gasteiger partial charge in [0.25, 0.3) is 5.91 Å². The van der Waals surface area contributed by atoms with E-state index in [2.05, 4.69) is 4.98 Å². The first-order valence-corrected chi connectivity index (χ1v) is 6.92. The third kappa shape index (κ3) is 3.52. The van der Waals surface area contributed by atoms with Crippen molar-refractivity contribution in [1.82, 2.24) is 9.88 Å². The van der Waals surface area contributed by atoms with Crippen LogP contribution in [0.15, 0.2) is 29.8 Å². The lowest BCUT2D eigenvalue weighted by Crippen LogP contribution is -2.29. The highest BCUT2D eigenvalue weighted by Gasteiger charge is 2.17. The molecule has 2 heterocycles. The van der Waals surface area contributed by atoms with Crippen LogP contribution in [0.5, 0.6) is 0 Å². The predicted molar refractivity (Wildman–Crippen MR) is 74.2 cm³/mol. The zero-order chi connectivity index (χ0) is 13.8. The van der Waals surface area contributed by atoms with Gasteiger partial charge in [-0.05, 0) is 23.9 Å². The molecule has 0 saturated carbocycles. The summed E-state index contributed by atoms with van der Waals surface area (Å²) in [4.78, 5) is 18.5. The molecule has 0 unspecified atom stereocenters. The molecule has 0 fully saturated rings. The lowest BCUT2D eigenvalue weighted by molar-refractivity contribution is 0.0796. The topological polar surface area (TPSA) is 33.2 Å². The molecule has 2 aromatic rings. The third-order valence-corrected chi connectivity index (χ3v) is 3.89. The van der Waals surface area contributed by atoms with E-state index in [1.165, 1.54) is 9.78 Å². The average Bonchev–Trinajstić information content (AvgIpc) is 2.91. The Morgan fingerprint density at radius 3 is 3.05 bits per heavy atom. The predicted octanol–water partition coefficient (Wildman–Crippen LogP) is 3.25. The molecule has 1 amide bonds. The van der Waals surface area contributed by atoms with Gasteiger partial charge in [-0.25, -0.2) is 9.37 Å². The van der Waals surface area contributed by atoms with Crippen molar-refractivity contribution < 1.29 is 9.18 Å². The second-order valence-corrected chi connectivity index (χ2v) is 5.44. The summed E-state index contributed by atoms with van der Waals surface area (Å²) in [6.07, 6.45) is 1.75. The highest BCUT2D eigenvalue weighted by atomic mass is 35.5. The van der Waals surface area contributed by atoms with Crippen LogP contribution in [-0.4, -0.2) is 29.4 Å². The van der Waals surface area contributed by atoms with Gasteiger partial charge in [-0.1, -0.05) is 17.7 Å². The lowest BCUT2D eigenvalue weighted by atomic mass is 10.2. The lowest BCUT2D eigenvalue weighted by Gasteiger charge is -2.17. The van der Waals surface area contributed by atoms with Gasteiger partial charge in [-0.2, -0.15) is 0 Å². The molecule has 0 aliphatic carbocycles. The minimum atomic E-state index is -0.570. The summed E-state index contributed by atoms with van der Waals surface area (Å²) in [5.41, 5.74) is 0.0929. The molecule has 0 saturated heterocycles. The maximum absolute atomic E-state index is 13.1. The van der Waals surface area contributed by atoms with Crippen LogP contribution in [-0.2, 0) is 6.42 Å². The Labute approximate surface area is 119 Å². The number of carbonyl (C=O) groups is 1. The monoisotopic (exact) mass is 298 g/mol. The van der Waals surface area contributed by atoms with E-state index in [-0.39, 0.29) is 16.6 Å². The molecular formula is C13H12ClFN2OS. The van der Waals surface area contributed by atoms with Crippen LogP contribution in [0.2, 0.25) is 5.15 Å². The number of carbonyl (C=O) groups excluding carboxylic acids is 1. The Morgan fingerprint density at radius 1 is 1.58 bits per heavy atom. The van der Waals surface area contributed by atoms with Gasteiger partial charge in [0.1, 0.15) is 11.0 Å². The Hall–Kier alpha value is -1.46. The molecule has 100 valence electrons. The molecule has 3 nitrogen and oxygen atoms in total. The van der Waals surface area contributed by atoms with Crippen molar-refractivity contribution in [2.24, 2.45) is 0 Å². The summed E-state index contributed by atoms with van der Waals surface area (Å²) in [6.45, 7) is 0.548. The molecule has 0 radical (unpaired) electrons. The second kappa shape index (κ2) is 6.12. The van der Waals surface area contributed by atoms with Crippen LogP contribution in [0.4, 0.5) is 4.39 Å². The number of hydrogen-bond donors (Lipinski definition) is 0. The maximum atomic E-state index is 13.1. The number of rotatable bonds is 4.